The van der Waals surface area contributed by atoms with Gasteiger partial charge in [-0.3, -0.25) is 0 Å². The highest BCUT2D eigenvalue weighted by Gasteiger charge is 2.22. The SMILES string of the molecule is Cl.Fc1ccc(OCc2noc([C@@H]3CCNC3)n2)cc1. The Bertz CT molecular complexity index is 541. The molecule has 3 rings (SSSR count). The van der Waals surface area contributed by atoms with Crippen molar-refractivity contribution >= 4 is 12.4 Å². The van der Waals surface area contributed by atoms with Gasteiger partial charge in [0, 0.05) is 6.54 Å². The van der Waals surface area contributed by atoms with Crippen LogP contribution < -0.4 is 10.1 Å². The summed E-state index contributed by atoms with van der Waals surface area (Å²) in [6, 6.07) is 5.83. The Balaban J connectivity index is 0.00000147. The summed E-state index contributed by atoms with van der Waals surface area (Å²) in [4.78, 5) is 4.31. The standard InChI is InChI=1S/C13H14FN3O2.ClH/c14-10-1-3-11(4-2-10)18-8-12-16-13(19-17-12)9-5-6-15-7-9;/h1-4,9,15H,5-8H2;1H/t9-;/m1./s1. The molecule has 0 aliphatic carbocycles. The third-order valence-corrected chi connectivity index (χ3v) is 3.07. The molecule has 108 valence electrons. The van der Waals surface area contributed by atoms with E-state index in [4.69, 9.17) is 9.26 Å². The Labute approximate surface area is 121 Å². The van der Waals surface area contributed by atoms with E-state index in [2.05, 4.69) is 15.5 Å². The van der Waals surface area contributed by atoms with Crippen LogP contribution in [0.3, 0.4) is 0 Å². The van der Waals surface area contributed by atoms with Crippen molar-refractivity contribution in [1.82, 2.24) is 15.5 Å². The van der Waals surface area contributed by atoms with Crippen molar-refractivity contribution in [3.05, 3.63) is 41.8 Å². The zero-order chi connectivity index (χ0) is 13.1. The van der Waals surface area contributed by atoms with Crippen LogP contribution in [-0.4, -0.2) is 23.2 Å². The Kier molecular flexibility index (Phi) is 4.92. The molecule has 0 bridgehead atoms. The van der Waals surface area contributed by atoms with Crippen LogP contribution >= 0.6 is 12.4 Å². The number of halogens is 2. The molecule has 1 aromatic heterocycles. The van der Waals surface area contributed by atoms with Gasteiger partial charge in [0.25, 0.3) is 0 Å². The lowest BCUT2D eigenvalue weighted by Crippen LogP contribution is -2.08. The van der Waals surface area contributed by atoms with Gasteiger partial charge in [-0.15, -0.1) is 12.4 Å². The lowest BCUT2D eigenvalue weighted by Gasteiger charge is -2.02. The van der Waals surface area contributed by atoms with Crippen molar-refractivity contribution < 1.29 is 13.7 Å². The Morgan fingerprint density at radius 1 is 1.35 bits per heavy atom. The number of nitrogens with zero attached hydrogens (tertiary/aromatic N) is 2. The van der Waals surface area contributed by atoms with E-state index in [1.807, 2.05) is 0 Å². The Morgan fingerprint density at radius 3 is 2.85 bits per heavy atom. The molecule has 1 saturated heterocycles. The quantitative estimate of drug-likeness (QED) is 0.938. The third-order valence-electron chi connectivity index (χ3n) is 3.07. The largest absolute Gasteiger partial charge is 0.485 e. The van der Waals surface area contributed by atoms with E-state index in [1.165, 1.54) is 12.1 Å². The van der Waals surface area contributed by atoms with Gasteiger partial charge in [0.05, 0.1) is 5.92 Å². The summed E-state index contributed by atoms with van der Waals surface area (Å²) in [6.07, 6.45) is 1.01. The number of benzene rings is 1. The first kappa shape index (κ1) is 14.7. The molecule has 2 heterocycles. The highest BCUT2D eigenvalue weighted by molar-refractivity contribution is 5.85. The molecule has 2 aromatic rings. The second-order valence-electron chi connectivity index (χ2n) is 4.48. The van der Waals surface area contributed by atoms with Crippen LogP contribution in [0.1, 0.15) is 24.1 Å². The van der Waals surface area contributed by atoms with E-state index in [1.54, 1.807) is 12.1 Å². The number of nitrogens with one attached hydrogen (secondary N) is 1. The highest BCUT2D eigenvalue weighted by atomic mass is 35.5. The molecule has 1 aliphatic heterocycles. The first-order valence-corrected chi connectivity index (χ1v) is 6.23. The summed E-state index contributed by atoms with van der Waals surface area (Å²) < 4.78 is 23.4. The van der Waals surface area contributed by atoms with Crippen molar-refractivity contribution in [2.45, 2.75) is 18.9 Å². The first-order valence-electron chi connectivity index (χ1n) is 6.23. The van der Waals surface area contributed by atoms with E-state index < -0.39 is 0 Å². The summed E-state index contributed by atoms with van der Waals surface area (Å²) >= 11 is 0. The summed E-state index contributed by atoms with van der Waals surface area (Å²) in [5.74, 6) is 1.75. The highest BCUT2D eigenvalue weighted by Crippen LogP contribution is 2.20. The Hall–Kier alpha value is -1.66. The molecule has 0 amide bonds. The molecule has 20 heavy (non-hydrogen) atoms. The van der Waals surface area contributed by atoms with Gasteiger partial charge >= 0.3 is 0 Å². The average Bonchev–Trinajstić information content (AvgIpc) is 3.09. The minimum absolute atomic E-state index is 0. The number of rotatable bonds is 4. The van der Waals surface area contributed by atoms with Gasteiger partial charge in [0.1, 0.15) is 11.6 Å². The molecule has 1 aliphatic rings. The maximum absolute atomic E-state index is 12.7. The number of hydrogen-bond acceptors (Lipinski definition) is 5. The second-order valence-corrected chi connectivity index (χ2v) is 4.48. The number of ether oxygens (including phenoxy) is 1. The van der Waals surface area contributed by atoms with Gasteiger partial charge in [0.2, 0.25) is 11.7 Å². The topological polar surface area (TPSA) is 60.2 Å². The van der Waals surface area contributed by atoms with Gasteiger partial charge in [-0.1, -0.05) is 5.16 Å². The maximum Gasteiger partial charge on any atom is 0.231 e. The molecule has 1 aromatic carbocycles. The summed E-state index contributed by atoms with van der Waals surface area (Å²) in [5.41, 5.74) is 0. The van der Waals surface area contributed by atoms with Gasteiger partial charge in [-0.05, 0) is 37.2 Å². The molecular formula is C13H15ClFN3O2. The smallest absolute Gasteiger partial charge is 0.231 e. The van der Waals surface area contributed by atoms with E-state index in [0.717, 1.165) is 19.5 Å². The molecule has 1 fully saturated rings. The van der Waals surface area contributed by atoms with Crippen LogP contribution in [0.4, 0.5) is 4.39 Å². The van der Waals surface area contributed by atoms with Crippen molar-refractivity contribution in [3.63, 3.8) is 0 Å². The zero-order valence-corrected chi connectivity index (χ0v) is 11.5. The van der Waals surface area contributed by atoms with Crippen molar-refractivity contribution in [1.29, 1.82) is 0 Å². The lowest BCUT2D eigenvalue weighted by atomic mass is 10.1. The van der Waals surface area contributed by atoms with Crippen molar-refractivity contribution in [2.75, 3.05) is 13.1 Å². The fourth-order valence-corrected chi connectivity index (χ4v) is 2.04. The molecule has 0 radical (unpaired) electrons. The zero-order valence-electron chi connectivity index (χ0n) is 10.7. The van der Waals surface area contributed by atoms with Crippen molar-refractivity contribution in [2.24, 2.45) is 0 Å². The number of hydrogen-bond donors (Lipinski definition) is 1. The van der Waals surface area contributed by atoms with E-state index in [-0.39, 0.29) is 24.8 Å². The van der Waals surface area contributed by atoms with E-state index in [9.17, 15) is 4.39 Å². The van der Waals surface area contributed by atoms with E-state index in [0.29, 0.717) is 23.4 Å². The van der Waals surface area contributed by atoms with Crippen LogP contribution in [0.2, 0.25) is 0 Å². The summed E-state index contributed by atoms with van der Waals surface area (Å²) in [5, 5.41) is 7.13. The van der Waals surface area contributed by atoms with Gasteiger partial charge in [-0.2, -0.15) is 4.98 Å². The monoisotopic (exact) mass is 299 g/mol. The van der Waals surface area contributed by atoms with Gasteiger partial charge < -0.3 is 14.6 Å². The first-order chi connectivity index (χ1) is 9.31. The Morgan fingerprint density at radius 2 is 2.15 bits per heavy atom. The van der Waals surface area contributed by atoms with Crippen LogP contribution in [0.25, 0.3) is 0 Å². The molecule has 1 atom stereocenters. The number of aromatic nitrogens is 2. The molecule has 1 N–H and O–H groups in total. The molecular weight excluding hydrogens is 285 g/mol. The summed E-state index contributed by atoms with van der Waals surface area (Å²) in [6.45, 7) is 2.07. The van der Waals surface area contributed by atoms with Crippen LogP contribution in [-0.2, 0) is 6.61 Å². The van der Waals surface area contributed by atoms with Gasteiger partial charge in [-0.25, -0.2) is 4.39 Å². The van der Waals surface area contributed by atoms with Crippen LogP contribution in [0.15, 0.2) is 28.8 Å². The molecule has 0 unspecified atom stereocenters. The molecule has 0 saturated carbocycles. The normalized spacial score (nSPS) is 17.8. The van der Waals surface area contributed by atoms with Gasteiger partial charge in [0.15, 0.2) is 6.61 Å². The minimum atomic E-state index is -0.289. The third kappa shape index (κ3) is 3.46. The molecule has 5 nitrogen and oxygen atoms in total. The van der Waals surface area contributed by atoms with Crippen molar-refractivity contribution in [3.8, 4) is 5.75 Å². The van der Waals surface area contributed by atoms with E-state index >= 15 is 0 Å². The fourth-order valence-electron chi connectivity index (χ4n) is 2.04. The lowest BCUT2D eigenvalue weighted by molar-refractivity contribution is 0.283. The molecule has 7 heteroatoms. The fraction of sp³-hybridized carbons (Fsp3) is 0.385. The predicted octanol–water partition coefficient (Wildman–Crippen LogP) is 2.29. The summed E-state index contributed by atoms with van der Waals surface area (Å²) in [7, 11) is 0. The van der Waals surface area contributed by atoms with Crippen LogP contribution in [0, 0.1) is 5.82 Å². The predicted molar refractivity (Wildman–Crippen MR) is 72.5 cm³/mol. The average molecular weight is 300 g/mol. The van der Waals surface area contributed by atoms with Crippen LogP contribution in [0.5, 0.6) is 5.75 Å². The second kappa shape index (κ2) is 6.67. The molecule has 0 spiro atoms. The maximum atomic E-state index is 12.7. The minimum Gasteiger partial charge on any atom is -0.485 e.